The second-order valence-electron chi connectivity index (χ2n) is 5.34. The molecule has 1 atom stereocenters. The van der Waals surface area contributed by atoms with Gasteiger partial charge in [0.2, 0.25) is 0 Å². The van der Waals surface area contributed by atoms with Gasteiger partial charge in [-0.1, -0.05) is 24.3 Å². The van der Waals surface area contributed by atoms with Gasteiger partial charge in [-0.25, -0.2) is 4.79 Å². The quantitative estimate of drug-likeness (QED) is 0.553. The Kier molecular flexibility index (Phi) is 7.24. The molecule has 0 aliphatic rings. The van der Waals surface area contributed by atoms with Crippen molar-refractivity contribution >= 4 is 11.9 Å². The molecule has 26 heavy (non-hydrogen) atoms. The molecule has 6 heteroatoms. The molecule has 0 heterocycles. The molecule has 0 bridgehead atoms. The molecule has 0 aliphatic carbocycles. The van der Waals surface area contributed by atoms with Gasteiger partial charge >= 0.3 is 5.97 Å². The minimum absolute atomic E-state index is 0.294. The Morgan fingerprint density at radius 2 is 1.65 bits per heavy atom. The lowest BCUT2D eigenvalue weighted by atomic mass is 10.3. The van der Waals surface area contributed by atoms with Crippen LogP contribution in [0.4, 0.5) is 0 Å². The molecule has 2 aromatic rings. The average Bonchev–Trinajstić information content (AvgIpc) is 2.66. The Morgan fingerprint density at radius 1 is 1.04 bits per heavy atom. The molecule has 2 rings (SSSR count). The third kappa shape index (κ3) is 6.32. The summed E-state index contributed by atoms with van der Waals surface area (Å²) < 4.78 is 16.0. The minimum Gasteiger partial charge on any atom is -0.482 e. The Morgan fingerprint density at radius 3 is 2.31 bits per heavy atom. The number of para-hydroxylation sites is 1. The second-order valence-corrected chi connectivity index (χ2v) is 5.34. The summed E-state index contributed by atoms with van der Waals surface area (Å²) in [6.07, 6.45) is 0.647. The molecule has 136 valence electrons. The fourth-order valence-corrected chi connectivity index (χ4v) is 1.97. The number of benzene rings is 2. The Bertz CT molecular complexity index is 728. The van der Waals surface area contributed by atoms with E-state index in [4.69, 9.17) is 14.2 Å². The van der Waals surface area contributed by atoms with Crippen molar-refractivity contribution in [2.75, 3.05) is 13.2 Å². The van der Waals surface area contributed by atoms with Crippen molar-refractivity contribution in [1.29, 1.82) is 0 Å². The standard InChI is InChI=1S/C20H21NO5/c1-3-13-21-20(23)15(2)25-19(22)14-24-16-9-11-18(12-10-16)26-17-7-5-4-6-8-17/h3-12,15H,1,13-14H2,2H3,(H,21,23). The second kappa shape index (κ2) is 9.88. The van der Waals surface area contributed by atoms with Crippen LogP contribution >= 0.6 is 0 Å². The molecule has 1 unspecified atom stereocenters. The van der Waals surface area contributed by atoms with Crippen LogP contribution in [0.15, 0.2) is 67.3 Å². The van der Waals surface area contributed by atoms with E-state index < -0.39 is 12.1 Å². The van der Waals surface area contributed by atoms with Gasteiger partial charge in [-0.15, -0.1) is 6.58 Å². The number of esters is 1. The van der Waals surface area contributed by atoms with Crippen molar-refractivity contribution < 1.29 is 23.8 Å². The number of hydrogen-bond donors (Lipinski definition) is 1. The van der Waals surface area contributed by atoms with Crippen LogP contribution in [0.25, 0.3) is 0 Å². The van der Waals surface area contributed by atoms with E-state index in [1.807, 2.05) is 30.3 Å². The maximum absolute atomic E-state index is 11.7. The smallest absolute Gasteiger partial charge is 0.344 e. The highest BCUT2D eigenvalue weighted by molar-refractivity contribution is 5.83. The fraction of sp³-hybridized carbons (Fsp3) is 0.200. The molecule has 0 spiro atoms. The number of nitrogens with one attached hydrogen (secondary N) is 1. The zero-order chi connectivity index (χ0) is 18.8. The third-order valence-corrected chi connectivity index (χ3v) is 3.26. The summed E-state index contributed by atoms with van der Waals surface area (Å²) >= 11 is 0. The summed E-state index contributed by atoms with van der Waals surface area (Å²) in [5.41, 5.74) is 0. The van der Waals surface area contributed by atoms with Crippen molar-refractivity contribution in [2.24, 2.45) is 0 Å². The van der Waals surface area contributed by atoms with E-state index in [1.54, 1.807) is 30.3 Å². The highest BCUT2D eigenvalue weighted by Gasteiger charge is 2.17. The molecular formula is C20H21NO5. The van der Waals surface area contributed by atoms with Gasteiger partial charge in [-0.05, 0) is 43.3 Å². The predicted octanol–water partition coefficient (Wildman–Crippen LogP) is 3.09. The zero-order valence-electron chi connectivity index (χ0n) is 14.5. The fourth-order valence-electron chi connectivity index (χ4n) is 1.97. The van der Waals surface area contributed by atoms with Crippen LogP contribution < -0.4 is 14.8 Å². The van der Waals surface area contributed by atoms with Crippen LogP contribution in [0.2, 0.25) is 0 Å². The van der Waals surface area contributed by atoms with Crippen molar-refractivity contribution in [3.05, 3.63) is 67.3 Å². The monoisotopic (exact) mass is 355 g/mol. The predicted molar refractivity (Wildman–Crippen MR) is 97.2 cm³/mol. The Hall–Kier alpha value is -3.28. The third-order valence-electron chi connectivity index (χ3n) is 3.26. The van der Waals surface area contributed by atoms with Crippen LogP contribution in [0.3, 0.4) is 0 Å². The zero-order valence-corrected chi connectivity index (χ0v) is 14.5. The summed E-state index contributed by atoms with van der Waals surface area (Å²) in [5, 5.41) is 2.55. The van der Waals surface area contributed by atoms with Crippen molar-refractivity contribution in [3.8, 4) is 17.2 Å². The van der Waals surface area contributed by atoms with E-state index in [0.29, 0.717) is 18.0 Å². The van der Waals surface area contributed by atoms with E-state index in [-0.39, 0.29) is 12.5 Å². The van der Waals surface area contributed by atoms with E-state index in [1.165, 1.54) is 6.92 Å². The van der Waals surface area contributed by atoms with Crippen molar-refractivity contribution in [1.82, 2.24) is 5.32 Å². The maximum atomic E-state index is 11.7. The van der Waals surface area contributed by atoms with Gasteiger partial charge in [0.15, 0.2) is 12.7 Å². The van der Waals surface area contributed by atoms with Gasteiger partial charge in [0.25, 0.3) is 5.91 Å². The molecular weight excluding hydrogens is 334 g/mol. The van der Waals surface area contributed by atoms with Crippen molar-refractivity contribution in [3.63, 3.8) is 0 Å². The molecule has 0 saturated carbocycles. The van der Waals surface area contributed by atoms with Gasteiger partial charge in [-0.2, -0.15) is 0 Å². The van der Waals surface area contributed by atoms with Crippen LogP contribution in [-0.2, 0) is 14.3 Å². The molecule has 6 nitrogen and oxygen atoms in total. The first-order chi connectivity index (χ1) is 12.6. The summed E-state index contributed by atoms with van der Waals surface area (Å²) in [6.45, 7) is 5.01. The van der Waals surface area contributed by atoms with Crippen LogP contribution in [0.5, 0.6) is 17.2 Å². The summed E-state index contributed by atoms with van der Waals surface area (Å²) in [5.74, 6) is 0.856. The molecule has 0 aromatic heterocycles. The molecule has 0 aliphatic heterocycles. The van der Waals surface area contributed by atoms with Gasteiger partial charge in [0.1, 0.15) is 17.2 Å². The van der Waals surface area contributed by atoms with E-state index >= 15 is 0 Å². The van der Waals surface area contributed by atoms with Gasteiger partial charge in [0.05, 0.1) is 0 Å². The lowest BCUT2D eigenvalue weighted by Gasteiger charge is -2.13. The number of ether oxygens (including phenoxy) is 3. The maximum Gasteiger partial charge on any atom is 0.344 e. The molecule has 0 radical (unpaired) electrons. The summed E-state index contributed by atoms with van der Waals surface area (Å²) in [4.78, 5) is 23.3. The van der Waals surface area contributed by atoms with Gasteiger partial charge < -0.3 is 19.5 Å². The summed E-state index contributed by atoms with van der Waals surface area (Å²) in [7, 11) is 0. The molecule has 1 amide bonds. The highest BCUT2D eigenvalue weighted by Crippen LogP contribution is 2.23. The molecule has 2 aromatic carbocycles. The van der Waals surface area contributed by atoms with E-state index in [0.717, 1.165) is 5.75 Å². The molecule has 0 fully saturated rings. The highest BCUT2D eigenvalue weighted by atomic mass is 16.6. The van der Waals surface area contributed by atoms with Gasteiger partial charge in [0, 0.05) is 6.54 Å². The van der Waals surface area contributed by atoms with Crippen LogP contribution in [0.1, 0.15) is 6.92 Å². The Labute approximate surface area is 152 Å². The van der Waals surface area contributed by atoms with Crippen molar-refractivity contribution in [2.45, 2.75) is 13.0 Å². The number of hydrogen-bond acceptors (Lipinski definition) is 5. The normalized spacial score (nSPS) is 11.1. The van der Waals surface area contributed by atoms with Crippen LogP contribution in [-0.4, -0.2) is 31.1 Å². The minimum atomic E-state index is -0.896. The number of carbonyl (C=O) groups excluding carboxylic acids is 2. The largest absolute Gasteiger partial charge is 0.482 e. The first-order valence-electron chi connectivity index (χ1n) is 8.12. The lowest BCUT2D eigenvalue weighted by molar-refractivity contribution is -0.156. The van der Waals surface area contributed by atoms with Crippen LogP contribution in [0, 0.1) is 0 Å². The number of amides is 1. The molecule has 1 N–H and O–H groups in total. The average molecular weight is 355 g/mol. The number of carbonyl (C=O) groups is 2. The SMILES string of the molecule is C=CCNC(=O)C(C)OC(=O)COc1ccc(Oc2ccccc2)cc1. The first kappa shape index (κ1) is 19.1. The number of rotatable bonds is 9. The topological polar surface area (TPSA) is 73.9 Å². The first-order valence-corrected chi connectivity index (χ1v) is 8.12. The lowest BCUT2D eigenvalue weighted by Crippen LogP contribution is -2.36. The van der Waals surface area contributed by atoms with E-state index in [9.17, 15) is 9.59 Å². The summed E-state index contributed by atoms with van der Waals surface area (Å²) in [6, 6.07) is 16.2. The van der Waals surface area contributed by atoms with E-state index in [2.05, 4.69) is 11.9 Å². The molecule has 0 saturated heterocycles. The Balaban J connectivity index is 1.77. The van der Waals surface area contributed by atoms with Gasteiger partial charge in [-0.3, -0.25) is 4.79 Å².